The van der Waals surface area contributed by atoms with E-state index in [0.717, 1.165) is 5.56 Å². The number of carbonyl (C=O) groups is 3. The van der Waals surface area contributed by atoms with E-state index >= 15 is 0 Å². The molecular formula is C20H22FNO5. The number of hydrogen-bond donors (Lipinski definition) is 1. The third-order valence-corrected chi connectivity index (χ3v) is 4.28. The summed E-state index contributed by atoms with van der Waals surface area (Å²) >= 11 is 0. The second-order valence-electron chi connectivity index (χ2n) is 6.24. The first-order valence-corrected chi connectivity index (χ1v) is 8.50. The zero-order valence-corrected chi connectivity index (χ0v) is 15.7. The largest absolute Gasteiger partial charge is 0.465 e. The molecule has 1 N–H and O–H groups in total. The molecule has 144 valence electrons. The number of aromatic amines is 1. The average Bonchev–Trinajstić information content (AvgIpc) is 2.94. The van der Waals surface area contributed by atoms with E-state index in [1.54, 1.807) is 26.0 Å². The van der Waals surface area contributed by atoms with Crippen LogP contribution in [0.1, 0.15) is 51.0 Å². The number of methoxy groups -OCH3 is 1. The lowest BCUT2D eigenvalue weighted by Gasteiger charge is -2.12. The Morgan fingerprint density at radius 2 is 1.78 bits per heavy atom. The molecule has 1 aromatic carbocycles. The second kappa shape index (κ2) is 8.62. The summed E-state index contributed by atoms with van der Waals surface area (Å²) in [5, 5.41) is 0. The van der Waals surface area contributed by atoms with Gasteiger partial charge >= 0.3 is 11.9 Å². The van der Waals surface area contributed by atoms with Crippen LogP contribution in [0.5, 0.6) is 0 Å². The van der Waals surface area contributed by atoms with E-state index in [2.05, 4.69) is 4.98 Å². The van der Waals surface area contributed by atoms with Crippen LogP contribution in [0, 0.1) is 19.7 Å². The van der Waals surface area contributed by atoms with Crippen molar-refractivity contribution < 1.29 is 28.2 Å². The van der Waals surface area contributed by atoms with Gasteiger partial charge < -0.3 is 14.5 Å². The highest BCUT2D eigenvalue weighted by Gasteiger charge is 2.27. The van der Waals surface area contributed by atoms with Gasteiger partial charge in [-0.15, -0.1) is 0 Å². The molecule has 0 saturated carbocycles. The third-order valence-electron chi connectivity index (χ3n) is 4.28. The number of aryl methyl sites for hydroxylation is 2. The maximum absolute atomic E-state index is 12.9. The number of ether oxygens (including phenoxy) is 2. The molecule has 0 bridgehead atoms. The average molecular weight is 375 g/mol. The second-order valence-corrected chi connectivity index (χ2v) is 6.24. The first-order valence-electron chi connectivity index (χ1n) is 8.50. The monoisotopic (exact) mass is 375 g/mol. The Balaban J connectivity index is 2.00. The van der Waals surface area contributed by atoms with Crippen LogP contribution in [0.3, 0.4) is 0 Å². The molecule has 0 aliphatic rings. The first-order chi connectivity index (χ1) is 12.7. The van der Waals surface area contributed by atoms with Crippen LogP contribution in [0.4, 0.5) is 4.39 Å². The molecule has 7 heteroatoms. The molecule has 0 aliphatic carbocycles. The standard InChI is InChI=1S/C20H22FNO5/c1-11-17(20(25)26-4)12(2)22-18(11)19(24)13(3)27-16(23)10-7-14-5-8-15(21)9-6-14/h5-6,8-9,13,22H,7,10H2,1-4H3/t13-/m1/s1. The fourth-order valence-electron chi connectivity index (χ4n) is 2.81. The van der Waals surface area contributed by atoms with Crippen molar-refractivity contribution in [1.82, 2.24) is 4.98 Å². The van der Waals surface area contributed by atoms with E-state index in [0.29, 0.717) is 23.2 Å². The number of H-pyrrole nitrogens is 1. The molecule has 0 fully saturated rings. The molecule has 1 atom stereocenters. The summed E-state index contributed by atoms with van der Waals surface area (Å²) in [6.07, 6.45) is -0.556. The topological polar surface area (TPSA) is 85.5 Å². The van der Waals surface area contributed by atoms with E-state index in [1.165, 1.54) is 26.2 Å². The van der Waals surface area contributed by atoms with Crippen molar-refractivity contribution in [3.63, 3.8) is 0 Å². The molecule has 0 amide bonds. The number of hydrogen-bond acceptors (Lipinski definition) is 5. The van der Waals surface area contributed by atoms with Gasteiger partial charge in [-0.3, -0.25) is 9.59 Å². The van der Waals surface area contributed by atoms with Gasteiger partial charge in [0.25, 0.3) is 0 Å². The van der Waals surface area contributed by atoms with Gasteiger partial charge in [0.2, 0.25) is 5.78 Å². The van der Waals surface area contributed by atoms with Crippen LogP contribution in [-0.2, 0) is 20.7 Å². The molecule has 0 spiro atoms. The maximum atomic E-state index is 12.9. The van der Waals surface area contributed by atoms with Crippen LogP contribution >= 0.6 is 0 Å². The molecule has 2 aromatic rings. The lowest BCUT2D eigenvalue weighted by molar-refractivity contribution is -0.146. The van der Waals surface area contributed by atoms with Crippen LogP contribution < -0.4 is 0 Å². The number of carbonyl (C=O) groups excluding carboxylic acids is 3. The van der Waals surface area contributed by atoms with Gasteiger partial charge in [0, 0.05) is 12.1 Å². The highest BCUT2D eigenvalue weighted by atomic mass is 19.1. The van der Waals surface area contributed by atoms with E-state index in [4.69, 9.17) is 9.47 Å². The highest BCUT2D eigenvalue weighted by molar-refractivity contribution is 6.03. The molecule has 6 nitrogen and oxygen atoms in total. The van der Waals surface area contributed by atoms with Crippen molar-refractivity contribution in [2.75, 3.05) is 7.11 Å². The van der Waals surface area contributed by atoms with Crippen molar-refractivity contribution in [2.45, 2.75) is 39.7 Å². The van der Waals surface area contributed by atoms with Gasteiger partial charge in [0.15, 0.2) is 6.10 Å². The number of esters is 2. The van der Waals surface area contributed by atoms with Crippen molar-refractivity contribution in [1.29, 1.82) is 0 Å². The molecule has 0 unspecified atom stereocenters. The van der Waals surface area contributed by atoms with Gasteiger partial charge in [-0.05, 0) is 50.5 Å². The van der Waals surface area contributed by atoms with E-state index in [9.17, 15) is 18.8 Å². The summed E-state index contributed by atoms with van der Waals surface area (Å²) in [5.41, 5.74) is 2.28. The zero-order valence-electron chi connectivity index (χ0n) is 15.7. The lowest BCUT2D eigenvalue weighted by atomic mass is 10.1. The summed E-state index contributed by atoms with van der Waals surface area (Å²) in [5.74, 6) is -1.84. The number of halogens is 1. The predicted octanol–water partition coefficient (Wildman–Crippen LogP) is 3.30. The van der Waals surface area contributed by atoms with Crippen LogP contribution in [0.2, 0.25) is 0 Å². The molecule has 1 heterocycles. The molecule has 0 saturated heterocycles. The summed E-state index contributed by atoms with van der Waals surface area (Å²) in [7, 11) is 1.27. The third kappa shape index (κ3) is 4.81. The van der Waals surface area contributed by atoms with Gasteiger partial charge in [0.1, 0.15) is 5.82 Å². The Labute approximate surface area is 156 Å². The van der Waals surface area contributed by atoms with Gasteiger partial charge in [-0.2, -0.15) is 0 Å². The van der Waals surface area contributed by atoms with Gasteiger partial charge in [-0.25, -0.2) is 9.18 Å². The summed E-state index contributed by atoms with van der Waals surface area (Å²) in [6.45, 7) is 4.77. The van der Waals surface area contributed by atoms with E-state index < -0.39 is 23.8 Å². The Morgan fingerprint density at radius 1 is 1.15 bits per heavy atom. The summed E-state index contributed by atoms with van der Waals surface area (Å²) < 4.78 is 22.8. The smallest absolute Gasteiger partial charge is 0.339 e. The highest BCUT2D eigenvalue weighted by Crippen LogP contribution is 2.21. The fraction of sp³-hybridized carbons (Fsp3) is 0.350. The molecule has 0 radical (unpaired) electrons. The Morgan fingerprint density at radius 3 is 2.37 bits per heavy atom. The zero-order chi connectivity index (χ0) is 20.1. The van der Waals surface area contributed by atoms with E-state index in [-0.39, 0.29) is 17.9 Å². The number of rotatable bonds is 7. The minimum Gasteiger partial charge on any atom is -0.465 e. The first kappa shape index (κ1) is 20.4. The summed E-state index contributed by atoms with van der Waals surface area (Å²) in [4.78, 5) is 39.3. The van der Waals surface area contributed by atoms with Crippen molar-refractivity contribution in [3.05, 3.63) is 58.2 Å². The number of aromatic nitrogens is 1. The molecule has 2 rings (SSSR count). The molecular weight excluding hydrogens is 353 g/mol. The molecule has 0 aliphatic heterocycles. The van der Waals surface area contributed by atoms with Crippen molar-refractivity contribution in [3.8, 4) is 0 Å². The molecule has 1 aromatic heterocycles. The van der Waals surface area contributed by atoms with Crippen LogP contribution in [0.25, 0.3) is 0 Å². The Bertz CT molecular complexity index is 854. The number of Topliss-reactive ketones (excluding diaryl/α,β-unsaturated/α-hetero) is 1. The summed E-state index contributed by atoms with van der Waals surface area (Å²) in [6, 6.07) is 5.83. The molecule has 27 heavy (non-hydrogen) atoms. The van der Waals surface area contributed by atoms with Crippen molar-refractivity contribution >= 4 is 17.7 Å². The number of benzene rings is 1. The number of ketones is 1. The SMILES string of the molecule is COC(=O)c1c(C)[nH]c(C(=O)[C@@H](C)OC(=O)CCc2ccc(F)cc2)c1C. The van der Waals surface area contributed by atoms with Gasteiger partial charge in [-0.1, -0.05) is 12.1 Å². The normalized spacial score (nSPS) is 11.7. The Hall–Kier alpha value is -2.96. The lowest BCUT2D eigenvalue weighted by Crippen LogP contribution is -2.25. The van der Waals surface area contributed by atoms with E-state index in [1.807, 2.05) is 0 Å². The van der Waals surface area contributed by atoms with Crippen LogP contribution in [0.15, 0.2) is 24.3 Å². The number of nitrogens with one attached hydrogen (secondary N) is 1. The van der Waals surface area contributed by atoms with Crippen LogP contribution in [-0.4, -0.2) is 35.9 Å². The predicted molar refractivity (Wildman–Crippen MR) is 96.2 cm³/mol. The van der Waals surface area contributed by atoms with Crippen molar-refractivity contribution in [2.24, 2.45) is 0 Å². The van der Waals surface area contributed by atoms with Gasteiger partial charge in [0.05, 0.1) is 18.4 Å². The Kier molecular flexibility index (Phi) is 6.50. The fourth-order valence-corrected chi connectivity index (χ4v) is 2.81. The quantitative estimate of drug-likeness (QED) is 0.593. The maximum Gasteiger partial charge on any atom is 0.339 e. The minimum absolute atomic E-state index is 0.0688. The minimum atomic E-state index is -1.01.